The maximum atomic E-state index is 11.5. The van der Waals surface area contributed by atoms with E-state index in [1.165, 1.54) is 0 Å². The van der Waals surface area contributed by atoms with Crippen molar-refractivity contribution in [3.05, 3.63) is 34.9 Å². The molecular formula is C11H13ClN2O. The summed E-state index contributed by atoms with van der Waals surface area (Å²) in [5.41, 5.74) is 11.4. The lowest BCUT2D eigenvalue weighted by molar-refractivity contribution is -0.120. The summed E-state index contributed by atoms with van der Waals surface area (Å²) in [6, 6.07) is 7.24. The minimum absolute atomic E-state index is 0.177. The van der Waals surface area contributed by atoms with Crippen molar-refractivity contribution in [3.8, 4) is 0 Å². The van der Waals surface area contributed by atoms with Crippen molar-refractivity contribution in [1.82, 2.24) is 0 Å². The van der Waals surface area contributed by atoms with E-state index in [2.05, 4.69) is 0 Å². The molecular weight excluding hydrogens is 212 g/mol. The Morgan fingerprint density at radius 3 is 2.47 bits per heavy atom. The minimum Gasteiger partial charge on any atom is -0.369 e. The molecule has 2 atom stereocenters. The number of carbonyl (C=O) groups excluding carboxylic acids is 1. The smallest absolute Gasteiger partial charge is 0.228 e. The van der Waals surface area contributed by atoms with Crippen LogP contribution in [-0.4, -0.2) is 12.5 Å². The van der Waals surface area contributed by atoms with Crippen LogP contribution < -0.4 is 11.5 Å². The number of amides is 1. The van der Waals surface area contributed by atoms with Crippen LogP contribution in [-0.2, 0) is 10.2 Å². The molecule has 4 N–H and O–H groups in total. The van der Waals surface area contributed by atoms with Crippen LogP contribution in [0.4, 0.5) is 0 Å². The highest BCUT2D eigenvalue weighted by Gasteiger charge is 2.59. The van der Waals surface area contributed by atoms with Crippen LogP contribution in [0.5, 0.6) is 0 Å². The van der Waals surface area contributed by atoms with E-state index in [1.54, 1.807) is 12.1 Å². The normalized spacial score (nSPS) is 28.8. The molecule has 0 spiro atoms. The van der Waals surface area contributed by atoms with Gasteiger partial charge in [-0.1, -0.05) is 23.7 Å². The van der Waals surface area contributed by atoms with Crippen molar-refractivity contribution in [2.24, 2.45) is 17.4 Å². The van der Waals surface area contributed by atoms with E-state index < -0.39 is 5.41 Å². The number of halogens is 1. The average Bonchev–Trinajstić information content (AvgIpc) is 2.94. The summed E-state index contributed by atoms with van der Waals surface area (Å²) in [6.45, 7) is 0.492. The van der Waals surface area contributed by atoms with Crippen LogP contribution in [0.15, 0.2) is 24.3 Å². The molecule has 1 aliphatic rings. The third-order valence-electron chi connectivity index (χ3n) is 3.19. The number of rotatable bonds is 3. The van der Waals surface area contributed by atoms with Gasteiger partial charge in [0.05, 0.1) is 5.41 Å². The maximum Gasteiger partial charge on any atom is 0.228 e. The van der Waals surface area contributed by atoms with Crippen molar-refractivity contribution in [3.63, 3.8) is 0 Å². The van der Waals surface area contributed by atoms with Gasteiger partial charge in [0.25, 0.3) is 0 Å². The maximum absolute atomic E-state index is 11.5. The number of carbonyl (C=O) groups is 1. The highest BCUT2D eigenvalue weighted by atomic mass is 35.5. The molecule has 1 amide bonds. The van der Waals surface area contributed by atoms with E-state index in [-0.39, 0.29) is 11.8 Å². The average molecular weight is 225 g/mol. The fraction of sp³-hybridized carbons (Fsp3) is 0.364. The SMILES string of the molecule is NC[C@H]1C[C@]1(C(N)=O)c1ccc(Cl)cc1. The second-order valence-corrected chi connectivity index (χ2v) is 4.42. The van der Waals surface area contributed by atoms with E-state index in [0.29, 0.717) is 11.6 Å². The molecule has 0 aromatic heterocycles. The lowest BCUT2D eigenvalue weighted by atomic mass is 9.92. The molecule has 80 valence electrons. The highest BCUT2D eigenvalue weighted by Crippen LogP contribution is 2.53. The third kappa shape index (κ3) is 1.52. The van der Waals surface area contributed by atoms with Gasteiger partial charge in [0.2, 0.25) is 5.91 Å². The van der Waals surface area contributed by atoms with Gasteiger partial charge >= 0.3 is 0 Å². The Morgan fingerprint density at radius 2 is 2.07 bits per heavy atom. The molecule has 4 heteroatoms. The Kier molecular flexibility index (Phi) is 2.44. The van der Waals surface area contributed by atoms with Crippen LogP contribution in [0.1, 0.15) is 12.0 Å². The summed E-state index contributed by atoms with van der Waals surface area (Å²) in [7, 11) is 0. The van der Waals surface area contributed by atoms with Gasteiger partial charge in [0.15, 0.2) is 0 Å². The predicted octanol–water partition coefficient (Wildman–Crippen LogP) is 1.04. The second-order valence-electron chi connectivity index (χ2n) is 3.98. The number of nitrogens with two attached hydrogens (primary N) is 2. The summed E-state index contributed by atoms with van der Waals surface area (Å²) in [4.78, 5) is 11.5. The van der Waals surface area contributed by atoms with Gasteiger partial charge in [-0.2, -0.15) is 0 Å². The van der Waals surface area contributed by atoms with Crippen LogP contribution >= 0.6 is 11.6 Å². The summed E-state index contributed by atoms with van der Waals surface area (Å²) in [5.74, 6) is -0.114. The molecule has 0 radical (unpaired) electrons. The first kappa shape index (κ1) is 10.5. The lowest BCUT2D eigenvalue weighted by Gasteiger charge is -2.13. The fourth-order valence-electron chi connectivity index (χ4n) is 2.16. The molecule has 3 nitrogen and oxygen atoms in total. The van der Waals surface area contributed by atoms with E-state index in [9.17, 15) is 4.79 Å². The summed E-state index contributed by atoms with van der Waals surface area (Å²) < 4.78 is 0. The standard InChI is InChI=1S/C11H13ClN2O/c12-9-3-1-7(2-4-9)11(10(14)15)5-8(11)6-13/h1-4,8H,5-6,13H2,(H2,14,15)/t8-,11+/m1/s1. The molecule has 1 fully saturated rings. The van der Waals surface area contributed by atoms with Crippen molar-refractivity contribution >= 4 is 17.5 Å². The summed E-state index contributed by atoms with van der Waals surface area (Å²) in [6.07, 6.45) is 0.750. The quantitative estimate of drug-likeness (QED) is 0.806. The number of benzene rings is 1. The summed E-state index contributed by atoms with van der Waals surface area (Å²) in [5, 5.41) is 0.656. The molecule has 0 heterocycles. The zero-order chi connectivity index (χ0) is 11.1. The zero-order valence-corrected chi connectivity index (χ0v) is 9.00. The molecule has 1 aliphatic carbocycles. The molecule has 2 rings (SSSR count). The van der Waals surface area contributed by atoms with Crippen LogP contribution in [0.25, 0.3) is 0 Å². The van der Waals surface area contributed by atoms with Crippen molar-refractivity contribution in [2.45, 2.75) is 11.8 Å². The monoisotopic (exact) mass is 224 g/mol. The van der Waals surface area contributed by atoms with Gasteiger partial charge < -0.3 is 11.5 Å². The van der Waals surface area contributed by atoms with Crippen LogP contribution in [0.2, 0.25) is 5.02 Å². The molecule has 1 saturated carbocycles. The highest BCUT2D eigenvalue weighted by molar-refractivity contribution is 6.30. The van der Waals surface area contributed by atoms with Gasteiger partial charge in [-0.3, -0.25) is 4.79 Å². The van der Waals surface area contributed by atoms with Crippen molar-refractivity contribution in [1.29, 1.82) is 0 Å². The first-order chi connectivity index (χ1) is 7.11. The Bertz CT molecular complexity index is 390. The van der Waals surface area contributed by atoms with Crippen molar-refractivity contribution in [2.75, 3.05) is 6.54 Å². The van der Waals surface area contributed by atoms with E-state index in [0.717, 1.165) is 12.0 Å². The molecule has 0 unspecified atom stereocenters. The molecule has 1 aromatic carbocycles. The van der Waals surface area contributed by atoms with E-state index in [1.807, 2.05) is 12.1 Å². The minimum atomic E-state index is -0.542. The molecule has 0 aliphatic heterocycles. The van der Waals surface area contributed by atoms with Crippen LogP contribution in [0.3, 0.4) is 0 Å². The zero-order valence-electron chi connectivity index (χ0n) is 8.24. The Morgan fingerprint density at radius 1 is 1.47 bits per heavy atom. The molecule has 0 saturated heterocycles. The number of primary amides is 1. The molecule has 1 aromatic rings. The van der Waals surface area contributed by atoms with Gasteiger partial charge in [-0.05, 0) is 36.6 Å². The van der Waals surface area contributed by atoms with Crippen LogP contribution in [0, 0.1) is 5.92 Å². The Balaban J connectivity index is 2.36. The fourth-order valence-corrected chi connectivity index (χ4v) is 2.29. The van der Waals surface area contributed by atoms with Gasteiger partial charge in [0.1, 0.15) is 0 Å². The summed E-state index contributed by atoms with van der Waals surface area (Å²) >= 11 is 5.79. The Labute approximate surface area is 93.4 Å². The van der Waals surface area contributed by atoms with Gasteiger partial charge in [-0.15, -0.1) is 0 Å². The Hall–Kier alpha value is -1.06. The molecule has 0 bridgehead atoms. The van der Waals surface area contributed by atoms with Crippen molar-refractivity contribution < 1.29 is 4.79 Å². The van der Waals surface area contributed by atoms with Gasteiger partial charge in [-0.25, -0.2) is 0 Å². The largest absolute Gasteiger partial charge is 0.369 e. The second kappa shape index (κ2) is 3.51. The van der Waals surface area contributed by atoms with E-state index >= 15 is 0 Å². The predicted molar refractivity (Wildman–Crippen MR) is 59.5 cm³/mol. The van der Waals surface area contributed by atoms with Gasteiger partial charge in [0, 0.05) is 5.02 Å². The van der Waals surface area contributed by atoms with E-state index in [4.69, 9.17) is 23.1 Å². The lowest BCUT2D eigenvalue weighted by Crippen LogP contribution is -2.32. The number of hydrogen-bond donors (Lipinski definition) is 2. The topological polar surface area (TPSA) is 69.1 Å². The first-order valence-corrected chi connectivity index (χ1v) is 5.25. The third-order valence-corrected chi connectivity index (χ3v) is 3.44. The number of hydrogen-bond acceptors (Lipinski definition) is 2. The molecule has 15 heavy (non-hydrogen) atoms. The first-order valence-electron chi connectivity index (χ1n) is 4.87.